The molecule has 0 aliphatic carbocycles. The Morgan fingerprint density at radius 2 is 1.67 bits per heavy atom. The van der Waals surface area contributed by atoms with E-state index in [0.29, 0.717) is 33.4 Å². The van der Waals surface area contributed by atoms with Crippen LogP contribution in [0.1, 0.15) is 42.3 Å². The van der Waals surface area contributed by atoms with Crippen LogP contribution in [0, 0.1) is 20.8 Å². The maximum absolute atomic E-state index is 12.6. The number of aldehydes is 1. The number of benzene rings is 2. The van der Waals surface area contributed by atoms with Crippen molar-refractivity contribution in [2.45, 2.75) is 26.9 Å². The molecule has 1 amide bonds. The topological polar surface area (TPSA) is 116 Å². The number of amides is 1. The molecule has 0 atom stereocenters. The van der Waals surface area contributed by atoms with E-state index in [1.54, 1.807) is 26.1 Å². The van der Waals surface area contributed by atoms with Crippen LogP contribution in [0.4, 0.5) is 35.6 Å². The van der Waals surface area contributed by atoms with Crippen molar-refractivity contribution in [1.82, 2.24) is 9.97 Å². The lowest BCUT2D eigenvalue weighted by Gasteiger charge is -2.12. The minimum Gasteiger partial charge on any atom is -0.508 e. The summed E-state index contributed by atoms with van der Waals surface area (Å²) in [6.45, 7) is 5.59. The second-order valence-corrected chi connectivity index (χ2v) is 9.39. The molecule has 0 radical (unpaired) electrons. The van der Waals surface area contributed by atoms with Crippen molar-refractivity contribution in [2.75, 3.05) is 23.0 Å². The number of phenolic OH excluding ortho intramolecular Hbond substituents is 1. The van der Waals surface area contributed by atoms with Gasteiger partial charge < -0.3 is 21.1 Å². The number of alkyl halides is 3. The van der Waals surface area contributed by atoms with Gasteiger partial charge >= 0.3 is 6.18 Å². The molecule has 4 N–H and O–H groups in total. The summed E-state index contributed by atoms with van der Waals surface area (Å²) in [4.78, 5) is 31.9. The molecule has 0 aliphatic heterocycles. The molecule has 0 saturated heterocycles. The van der Waals surface area contributed by atoms with Crippen molar-refractivity contribution in [3.05, 3.63) is 87.4 Å². The molecule has 2 heterocycles. The maximum atomic E-state index is 12.6. The number of halogens is 3. The van der Waals surface area contributed by atoms with Gasteiger partial charge in [0.1, 0.15) is 28.5 Å². The highest BCUT2D eigenvalue weighted by atomic mass is 32.1. The predicted octanol–water partition coefficient (Wildman–Crippen LogP) is 6.72. The zero-order chi connectivity index (χ0) is 28.7. The first-order valence-electron chi connectivity index (χ1n) is 11.5. The summed E-state index contributed by atoms with van der Waals surface area (Å²) in [6.07, 6.45) is -2.31. The Bertz CT molecular complexity index is 1470. The number of nitrogens with one attached hydrogen (secondary N) is 3. The number of aromatic nitrogens is 2. The lowest BCUT2D eigenvalue weighted by atomic mass is 10.1. The third kappa shape index (κ3) is 7.54. The van der Waals surface area contributed by atoms with Crippen LogP contribution >= 0.6 is 11.3 Å². The zero-order valence-corrected chi connectivity index (χ0v) is 22.3. The van der Waals surface area contributed by atoms with E-state index in [9.17, 15) is 27.9 Å². The smallest absolute Gasteiger partial charge is 0.416 e. The Balaban J connectivity index is 0.000000293. The number of anilines is 4. The number of aryl methyl sites for hydroxylation is 2. The first-order valence-corrected chi connectivity index (χ1v) is 12.4. The van der Waals surface area contributed by atoms with Gasteiger partial charge in [0, 0.05) is 18.2 Å². The number of aromatic hydroxyl groups is 1. The summed E-state index contributed by atoms with van der Waals surface area (Å²) >= 11 is 1.24. The Labute approximate surface area is 227 Å². The number of thiazole rings is 1. The fourth-order valence-electron chi connectivity index (χ4n) is 3.29. The quantitative estimate of drug-likeness (QED) is 0.194. The fourth-order valence-corrected chi connectivity index (χ4v) is 4.00. The van der Waals surface area contributed by atoms with Gasteiger partial charge in [0.05, 0.1) is 17.4 Å². The minimum atomic E-state index is -4.33. The number of nitrogens with zero attached hydrogens (tertiary/aromatic N) is 2. The van der Waals surface area contributed by atoms with Crippen molar-refractivity contribution in [3.8, 4) is 5.75 Å². The summed E-state index contributed by atoms with van der Waals surface area (Å²) in [7, 11) is 1.80. The molecule has 0 saturated carbocycles. The molecule has 0 spiro atoms. The standard InChI is InChI=1S/C19H21N5O2S.C8H5F3O/c1-10-5-7-13(25)12(3)16(10)23-18(26)14-9-21-19(27-14)24-17-11(2)6-8-15(20-4)22-17;9-8(10,11)7-3-1-6(5-12)2-4-7/h5-9,25H,1-4H3,(H,23,26)(H2,20,21,22,24);1-5H. The lowest BCUT2D eigenvalue weighted by Crippen LogP contribution is -2.12. The normalized spacial score (nSPS) is 10.7. The third-order valence-electron chi connectivity index (χ3n) is 5.57. The number of rotatable bonds is 6. The first kappa shape index (κ1) is 29.1. The van der Waals surface area contributed by atoms with Crippen molar-refractivity contribution >= 4 is 46.0 Å². The van der Waals surface area contributed by atoms with E-state index in [2.05, 4.69) is 25.9 Å². The average molecular weight is 558 g/mol. The van der Waals surface area contributed by atoms with Gasteiger partial charge in [-0.2, -0.15) is 13.2 Å². The van der Waals surface area contributed by atoms with Crippen LogP contribution in [0.3, 0.4) is 0 Å². The van der Waals surface area contributed by atoms with E-state index >= 15 is 0 Å². The number of pyridine rings is 1. The monoisotopic (exact) mass is 557 g/mol. The van der Waals surface area contributed by atoms with Gasteiger partial charge in [0.15, 0.2) is 5.13 Å². The molecule has 2 aromatic carbocycles. The van der Waals surface area contributed by atoms with Crippen molar-refractivity contribution in [1.29, 1.82) is 0 Å². The van der Waals surface area contributed by atoms with Crippen LogP contribution < -0.4 is 16.0 Å². The van der Waals surface area contributed by atoms with Gasteiger partial charge in [-0.15, -0.1) is 0 Å². The summed E-state index contributed by atoms with van der Waals surface area (Å²) in [5.41, 5.74) is 2.60. The van der Waals surface area contributed by atoms with E-state index in [1.807, 2.05) is 26.0 Å². The SMILES string of the molecule is CNc1ccc(C)c(Nc2ncc(C(=O)Nc3c(C)ccc(O)c3C)s2)n1.O=Cc1ccc(C(F)(F)F)cc1. The molecule has 204 valence electrons. The van der Waals surface area contributed by atoms with Crippen molar-refractivity contribution in [3.63, 3.8) is 0 Å². The second kappa shape index (κ2) is 12.4. The van der Waals surface area contributed by atoms with Crippen LogP contribution in [0.25, 0.3) is 0 Å². The largest absolute Gasteiger partial charge is 0.508 e. The van der Waals surface area contributed by atoms with E-state index in [1.165, 1.54) is 17.5 Å². The molecule has 0 fully saturated rings. The van der Waals surface area contributed by atoms with Crippen LogP contribution in [0.5, 0.6) is 5.75 Å². The molecule has 39 heavy (non-hydrogen) atoms. The Kier molecular flexibility index (Phi) is 9.25. The van der Waals surface area contributed by atoms with Crippen LogP contribution in [0.15, 0.2) is 54.7 Å². The minimum absolute atomic E-state index is 0.147. The Hall–Kier alpha value is -4.45. The first-order chi connectivity index (χ1) is 18.4. The molecule has 0 bridgehead atoms. The molecule has 12 heteroatoms. The average Bonchev–Trinajstić information content (AvgIpc) is 3.38. The highest BCUT2D eigenvalue weighted by molar-refractivity contribution is 7.17. The lowest BCUT2D eigenvalue weighted by molar-refractivity contribution is -0.137. The summed E-state index contributed by atoms with van der Waals surface area (Å²) < 4.78 is 35.8. The molecule has 8 nitrogen and oxygen atoms in total. The van der Waals surface area contributed by atoms with Gasteiger partial charge in [-0.1, -0.05) is 35.6 Å². The molecule has 0 aliphatic rings. The number of hydrogen-bond acceptors (Lipinski definition) is 8. The van der Waals surface area contributed by atoms with Gasteiger partial charge in [-0.25, -0.2) is 9.97 Å². The van der Waals surface area contributed by atoms with Gasteiger partial charge in [-0.3, -0.25) is 9.59 Å². The Morgan fingerprint density at radius 1 is 1.00 bits per heavy atom. The number of hydrogen-bond donors (Lipinski definition) is 4. The maximum Gasteiger partial charge on any atom is 0.416 e. The third-order valence-corrected chi connectivity index (χ3v) is 6.48. The summed E-state index contributed by atoms with van der Waals surface area (Å²) in [5, 5.41) is 19.4. The Morgan fingerprint density at radius 3 is 2.28 bits per heavy atom. The second-order valence-electron chi connectivity index (χ2n) is 8.36. The van der Waals surface area contributed by atoms with Gasteiger partial charge in [0.2, 0.25) is 0 Å². The van der Waals surface area contributed by atoms with Crippen LogP contribution in [-0.2, 0) is 6.18 Å². The van der Waals surface area contributed by atoms with E-state index < -0.39 is 11.7 Å². The van der Waals surface area contributed by atoms with E-state index in [4.69, 9.17) is 0 Å². The summed E-state index contributed by atoms with van der Waals surface area (Å²) in [5.74, 6) is 1.30. The molecule has 4 aromatic rings. The highest BCUT2D eigenvalue weighted by Gasteiger charge is 2.29. The summed E-state index contributed by atoms with van der Waals surface area (Å²) in [6, 6.07) is 11.3. The number of carbonyl (C=O) groups is 2. The number of phenols is 1. The predicted molar refractivity (Wildman–Crippen MR) is 146 cm³/mol. The molecule has 4 rings (SSSR count). The molecule has 2 aromatic heterocycles. The van der Waals surface area contributed by atoms with Gasteiger partial charge in [0.25, 0.3) is 5.91 Å². The molecule has 0 unspecified atom stereocenters. The molecular weight excluding hydrogens is 531 g/mol. The van der Waals surface area contributed by atoms with Crippen molar-refractivity contribution < 1.29 is 27.9 Å². The van der Waals surface area contributed by atoms with Crippen molar-refractivity contribution in [2.24, 2.45) is 0 Å². The highest BCUT2D eigenvalue weighted by Crippen LogP contribution is 2.30. The van der Waals surface area contributed by atoms with E-state index in [0.717, 1.165) is 41.2 Å². The fraction of sp³-hybridized carbons (Fsp3) is 0.185. The number of carbonyl (C=O) groups excluding carboxylic acids is 2. The molecular formula is C27H26F3N5O3S. The zero-order valence-electron chi connectivity index (χ0n) is 21.5. The van der Waals surface area contributed by atoms with E-state index in [-0.39, 0.29) is 17.2 Å². The van der Waals surface area contributed by atoms with Crippen LogP contribution in [0.2, 0.25) is 0 Å². The van der Waals surface area contributed by atoms with Gasteiger partial charge in [-0.05, 0) is 56.2 Å². The van der Waals surface area contributed by atoms with Crippen LogP contribution in [-0.4, -0.2) is 34.3 Å².